The van der Waals surface area contributed by atoms with Crippen LogP contribution in [0.25, 0.3) is 0 Å². The third-order valence-corrected chi connectivity index (χ3v) is 2.95. The normalized spacial score (nSPS) is 12.4. The van der Waals surface area contributed by atoms with Gasteiger partial charge in [-0.3, -0.25) is 0 Å². The molecule has 1 atom stereocenters. The summed E-state index contributed by atoms with van der Waals surface area (Å²) in [6.07, 6.45) is 5.37. The first-order chi connectivity index (χ1) is 7.81. The van der Waals surface area contributed by atoms with Gasteiger partial charge in [0.2, 0.25) is 0 Å². The zero-order valence-corrected chi connectivity index (χ0v) is 9.93. The van der Waals surface area contributed by atoms with Gasteiger partial charge in [0.05, 0.1) is 0 Å². The van der Waals surface area contributed by atoms with Crippen LogP contribution in [0.15, 0.2) is 54.9 Å². The van der Waals surface area contributed by atoms with E-state index in [4.69, 9.17) is 0 Å². The Hall–Kier alpha value is -1.63. The van der Waals surface area contributed by atoms with Crippen LogP contribution in [-0.4, -0.2) is 0 Å². The minimum Gasteiger partial charge on any atom is -0.198 e. The van der Waals surface area contributed by atoms with E-state index in [2.05, 4.69) is 73.3 Å². The van der Waals surface area contributed by atoms with E-state index in [1.807, 2.05) is 0 Å². The van der Waals surface area contributed by atoms with Gasteiger partial charge in [0.25, 0.3) is 0 Å². The molecule has 82 valence electrons. The van der Waals surface area contributed by atoms with E-state index in [0.717, 1.165) is 6.42 Å². The van der Waals surface area contributed by atoms with E-state index < -0.39 is 0 Å². The molecule has 1 heterocycles. The Kier molecular flexibility index (Phi) is 3.35. The molecule has 1 unspecified atom stereocenters. The molecule has 0 saturated heterocycles. The van der Waals surface area contributed by atoms with Gasteiger partial charge in [-0.25, -0.2) is 0 Å². The van der Waals surface area contributed by atoms with Crippen molar-refractivity contribution in [2.24, 2.45) is 0 Å². The van der Waals surface area contributed by atoms with E-state index in [1.165, 1.54) is 11.1 Å². The summed E-state index contributed by atoms with van der Waals surface area (Å²) in [6, 6.07) is 15.5. The number of pyridine rings is 1. The number of benzene rings is 1. The Labute approximate surface area is 97.4 Å². The molecule has 1 aromatic heterocycles. The summed E-state index contributed by atoms with van der Waals surface area (Å²) in [5.41, 5.74) is 2.70. The number of aromatic nitrogens is 1. The van der Waals surface area contributed by atoms with Crippen LogP contribution in [0, 0.1) is 6.92 Å². The largest absolute Gasteiger partial charge is 0.198 e. The van der Waals surface area contributed by atoms with Crippen LogP contribution >= 0.6 is 0 Å². The molecule has 0 amide bonds. The van der Waals surface area contributed by atoms with E-state index in [-0.39, 0.29) is 0 Å². The molecular formula is C15H18N+. The second kappa shape index (κ2) is 4.93. The van der Waals surface area contributed by atoms with Crippen LogP contribution in [0.3, 0.4) is 0 Å². The van der Waals surface area contributed by atoms with Crippen molar-refractivity contribution in [3.8, 4) is 0 Å². The Bertz CT molecular complexity index is 431. The lowest BCUT2D eigenvalue weighted by atomic mass is 10.0. The fourth-order valence-corrected chi connectivity index (χ4v) is 2.03. The van der Waals surface area contributed by atoms with Crippen molar-refractivity contribution >= 4 is 0 Å². The van der Waals surface area contributed by atoms with Gasteiger partial charge in [0, 0.05) is 24.1 Å². The first-order valence-corrected chi connectivity index (χ1v) is 5.83. The predicted molar refractivity (Wildman–Crippen MR) is 66.2 cm³/mol. The second-order valence-corrected chi connectivity index (χ2v) is 4.16. The maximum atomic E-state index is 2.27. The third kappa shape index (κ3) is 2.30. The smallest absolute Gasteiger partial charge is 0.183 e. The number of hydrogen-bond acceptors (Lipinski definition) is 0. The van der Waals surface area contributed by atoms with Crippen molar-refractivity contribution in [1.29, 1.82) is 0 Å². The van der Waals surface area contributed by atoms with Gasteiger partial charge < -0.3 is 0 Å². The summed E-state index contributed by atoms with van der Waals surface area (Å²) in [7, 11) is 0. The lowest BCUT2D eigenvalue weighted by Crippen LogP contribution is -2.38. The molecule has 1 heteroatoms. The van der Waals surface area contributed by atoms with E-state index in [9.17, 15) is 0 Å². The minimum atomic E-state index is 0.446. The molecule has 0 aliphatic heterocycles. The van der Waals surface area contributed by atoms with Crippen molar-refractivity contribution in [2.45, 2.75) is 26.3 Å². The van der Waals surface area contributed by atoms with Crippen LogP contribution in [-0.2, 0) is 0 Å². The quantitative estimate of drug-likeness (QED) is 0.687. The third-order valence-electron chi connectivity index (χ3n) is 2.95. The summed E-state index contributed by atoms with van der Waals surface area (Å²) in [6.45, 7) is 4.35. The topological polar surface area (TPSA) is 3.88 Å². The van der Waals surface area contributed by atoms with Crippen molar-refractivity contribution in [1.82, 2.24) is 0 Å². The highest BCUT2D eigenvalue weighted by Gasteiger charge is 2.17. The predicted octanol–water partition coefficient (Wildman–Crippen LogP) is 3.28. The Balaban J connectivity index is 2.33. The van der Waals surface area contributed by atoms with Crippen LogP contribution in [0.5, 0.6) is 0 Å². The van der Waals surface area contributed by atoms with Crippen LogP contribution in [0.2, 0.25) is 0 Å². The van der Waals surface area contributed by atoms with Gasteiger partial charge in [0.15, 0.2) is 18.4 Å². The minimum absolute atomic E-state index is 0.446. The summed E-state index contributed by atoms with van der Waals surface area (Å²) in [5, 5.41) is 0. The zero-order valence-electron chi connectivity index (χ0n) is 9.93. The first kappa shape index (κ1) is 10.9. The fraction of sp³-hybridized carbons (Fsp3) is 0.267. The highest BCUT2D eigenvalue weighted by molar-refractivity contribution is 5.22. The molecule has 2 aromatic rings. The van der Waals surface area contributed by atoms with E-state index in [0.29, 0.717) is 6.04 Å². The average Bonchev–Trinajstić information content (AvgIpc) is 2.34. The molecule has 16 heavy (non-hydrogen) atoms. The van der Waals surface area contributed by atoms with Gasteiger partial charge in [-0.05, 0) is 6.92 Å². The monoisotopic (exact) mass is 212 g/mol. The molecule has 0 aliphatic carbocycles. The SMILES string of the molecule is CCC(c1ccc(C)cc1)[n+]1ccccc1. The molecule has 1 nitrogen and oxygen atoms in total. The van der Waals surface area contributed by atoms with Crippen LogP contribution < -0.4 is 4.57 Å². The van der Waals surface area contributed by atoms with Crippen molar-refractivity contribution in [2.75, 3.05) is 0 Å². The first-order valence-electron chi connectivity index (χ1n) is 5.83. The van der Waals surface area contributed by atoms with Gasteiger partial charge in [-0.1, -0.05) is 42.8 Å². The van der Waals surface area contributed by atoms with E-state index in [1.54, 1.807) is 0 Å². The average molecular weight is 212 g/mol. The lowest BCUT2D eigenvalue weighted by Gasteiger charge is -2.10. The number of rotatable bonds is 3. The molecule has 0 radical (unpaired) electrons. The standard InChI is InChI=1S/C15H18N/c1-3-15(16-11-5-4-6-12-16)14-9-7-13(2)8-10-14/h4-12,15H,3H2,1-2H3/q+1. The summed E-state index contributed by atoms with van der Waals surface area (Å²) in [4.78, 5) is 0. The van der Waals surface area contributed by atoms with Gasteiger partial charge in [-0.2, -0.15) is 4.57 Å². The molecule has 0 spiro atoms. The number of aryl methyl sites for hydroxylation is 1. The Morgan fingerprint density at radius 1 is 1.00 bits per heavy atom. The highest BCUT2D eigenvalue weighted by Crippen LogP contribution is 2.16. The molecule has 0 bridgehead atoms. The molecule has 0 N–H and O–H groups in total. The Morgan fingerprint density at radius 2 is 1.62 bits per heavy atom. The zero-order chi connectivity index (χ0) is 11.4. The number of nitrogens with zero attached hydrogens (tertiary/aromatic N) is 1. The summed E-state index contributed by atoms with van der Waals surface area (Å²) < 4.78 is 2.27. The summed E-state index contributed by atoms with van der Waals surface area (Å²) >= 11 is 0. The van der Waals surface area contributed by atoms with Crippen molar-refractivity contribution in [3.05, 3.63) is 66.0 Å². The molecule has 2 rings (SSSR count). The van der Waals surface area contributed by atoms with Gasteiger partial charge in [-0.15, -0.1) is 0 Å². The van der Waals surface area contributed by atoms with Crippen molar-refractivity contribution in [3.63, 3.8) is 0 Å². The number of hydrogen-bond donors (Lipinski definition) is 0. The molecule has 0 saturated carbocycles. The molecule has 0 fully saturated rings. The lowest BCUT2D eigenvalue weighted by molar-refractivity contribution is -0.714. The molecule has 0 aliphatic rings. The maximum Gasteiger partial charge on any atom is 0.183 e. The fourth-order valence-electron chi connectivity index (χ4n) is 2.03. The molecule has 1 aromatic carbocycles. The van der Waals surface area contributed by atoms with Gasteiger partial charge in [0.1, 0.15) is 0 Å². The van der Waals surface area contributed by atoms with Crippen LogP contribution in [0.4, 0.5) is 0 Å². The van der Waals surface area contributed by atoms with Gasteiger partial charge >= 0.3 is 0 Å². The maximum absolute atomic E-state index is 2.27. The van der Waals surface area contributed by atoms with Crippen molar-refractivity contribution < 1.29 is 4.57 Å². The summed E-state index contributed by atoms with van der Waals surface area (Å²) in [5.74, 6) is 0. The second-order valence-electron chi connectivity index (χ2n) is 4.16. The molecular weight excluding hydrogens is 194 g/mol. The highest BCUT2D eigenvalue weighted by atomic mass is 15.0. The Morgan fingerprint density at radius 3 is 2.19 bits per heavy atom. The van der Waals surface area contributed by atoms with Crippen LogP contribution in [0.1, 0.15) is 30.5 Å². The van der Waals surface area contributed by atoms with E-state index >= 15 is 0 Å².